The summed E-state index contributed by atoms with van der Waals surface area (Å²) in [5.74, 6) is -1.75. The van der Waals surface area contributed by atoms with Crippen molar-refractivity contribution in [2.45, 2.75) is 25.8 Å². The molecule has 1 saturated heterocycles. The highest BCUT2D eigenvalue weighted by atomic mass is 16.6. The number of anilines is 1. The number of hydrogen-bond donors (Lipinski definition) is 2. The minimum absolute atomic E-state index is 0.000669. The number of likely N-dealkylation sites (tertiary alicyclic amines) is 1. The van der Waals surface area contributed by atoms with Crippen molar-refractivity contribution in [1.29, 1.82) is 0 Å². The molecule has 2 N–H and O–H groups in total. The first-order chi connectivity index (χ1) is 13.9. The Balaban J connectivity index is 1.67. The highest BCUT2D eigenvalue weighted by Crippen LogP contribution is 2.26. The zero-order chi connectivity index (χ0) is 21.0. The zero-order valence-electron chi connectivity index (χ0n) is 16.6. The van der Waals surface area contributed by atoms with E-state index < -0.39 is 16.7 Å². The number of benzene rings is 1. The molecule has 9 heteroatoms. The zero-order valence-corrected chi connectivity index (χ0v) is 16.6. The molecule has 0 radical (unpaired) electrons. The van der Waals surface area contributed by atoms with Gasteiger partial charge in [0, 0.05) is 31.5 Å². The summed E-state index contributed by atoms with van der Waals surface area (Å²) >= 11 is 0. The molecule has 154 valence electrons. The van der Waals surface area contributed by atoms with Gasteiger partial charge in [-0.3, -0.25) is 24.6 Å². The van der Waals surface area contributed by atoms with Crippen molar-refractivity contribution in [3.05, 3.63) is 57.9 Å². The van der Waals surface area contributed by atoms with Crippen molar-refractivity contribution in [2.24, 2.45) is 7.05 Å². The van der Waals surface area contributed by atoms with Crippen LogP contribution in [-0.2, 0) is 16.6 Å². The van der Waals surface area contributed by atoms with Crippen molar-refractivity contribution < 1.29 is 14.5 Å². The molecule has 1 aliphatic heterocycles. The summed E-state index contributed by atoms with van der Waals surface area (Å²) in [6.07, 6.45) is 4.16. The van der Waals surface area contributed by atoms with E-state index >= 15 is 0 Å². The molecule has 0 saturated carbocycles. The van der Waals surface area contributed by atoms with Crippen LogP contribution < -0.4 is 10.6 Å². The third-order valence-electron chi connectivity index (χ3n) is 5.17. The second kappa shape index (κ2) is 8.87. The number of hydrogen-bond acceptors (Lipinski definition) is 5. The van der Waals surface area contributed by atoms with Crippen LogP contribution in [0.3, 0.4) is 0 Å². The molecule has 3 rings (SSSR count). The summed E-state index contributed by atoms with van der Waals surface area (Å²) < 4.78 is 2.00. The van der Waals surface area contributed by atoms with Gasteiger partial charge < -0.3 is 15.2 Å². The number of aryl methyl sites for hydroxylation is 2. The highest BCUT2D eigenvalue weighted by molar-refractivity contribution is 6.39. The van der Waals surface area contributed by atoms with Gasteiger partial charge in [0.1, 0.15) is 5.69 Å². The number of nitro groups is 1. The van der Waals surface area contributed by atoms with E-state index in [1.807, 2.05) is 29.9 Å². The lowest BCUT2D eigenvalue weighted by Gasteiger charge is -2.28. The van der Waals surface area contributed by atoms with Gasteiger partial charge in [0.25, 0.3) is 5.69 Å². The number of carbonyl (C=O) groups excluding carboxylic acids is 2. The van der Waals surface area contributed by atoms with Crippen molar-refractivity contribution in [3.63, 3.8) is 0 Å². The molecule has 1 aromatic heterocycles. The van der Waals surface area contributed by atoms with Crippen molar-refractivity contribution in [1.82, 2.24) is 14.8 Å². The lowest BCUT2D eigenvalue weighted by atomic mass is 10.1. The van der Waals surface area contributed by atoms with Crippen LogP contribution in [0.2, 0.25) is 0 Å². The van der Waals surface area contributed by atoms with Crippen LogP contribution in [0.25, 0.3) is 0 Å². The van der Waals surface area contributed by atoms with Gasteiger partial charge in [-0.15, -0.1) is 0 Å². The molecule has 1 aliphatic rings. The third kappa shape index (κ3) is 4.80. The Hall–Kier alpha value is -3.20. The van der Waals surface area contributed by atoms with Crippen molar-refractivity contribution in [2.75, 3.05) is 25.0 Å². The van der Waals surface area contributed by atoms with Gasteiger partial charge in [0.15, 0.2) is 0 Å². The fourth-order valence-corrected chi connectivity index (χ4v) is 3.64. The Morgan fingerprint density at radius 2 is 1.93 bits per heavy atom. The predicted molar refractivity (Wildman–Crippen MR) is 108 cm³/mol. The molecular weight excluding hydrogens is 374 g/mol. The van der Waals surface area contributed by atoms with E-state index in [2.05, 4.69) is 15.5 Å². The summed E-state index contributed by atoms with van der Waals surface area (Å²) in [5.41, 5.74) is 1.50. The third-order valence-corrected chi connectivity index (χ3v) is 5.17. The average Bonchev–Trinajstić information content (AvgIpc) is 3.35. The van der Waals surface area contributed by atoms with E-state index in [4.69, 9.17) is 0 Å². The Labute approximate surface area is 168 Å². The Bertz CT molecular complexity index is 917. The molecule has 0 bridgehead atoms. The van der Waals surface area contributed by atoms with Crippen LogP contribution >= 0.6 is 0 Å². The minimum Gasteiger partial charge on any atom is -0.353 e. The first-order valence-corrected chi connectivity index (χ1v) is 9.56. The molecule has 1 unspecified atom stereocenters. The van der Waals surface area contributed by atoms with E-state index in [1.54, 1.807) is 13.0 Å². The van der Waals surface area contributed by atoms with E-state index in [0.29, 0.717) is 5.56 Å². The topological polar surface area (TPSA) is 110 Å². The number of nitro benzene ring substituents is 1. The molecule has 2 aromatic rings. The predicted octanol–water partition coefficient (Wildman–Crippen LogP) is 2.13. The largest absolute Gasteiger partial charge is 0.353 e. The number of nitrogens with zero attached hydrogens (tertiary/aromatic N) is 3. The van der Waals surface area contributed by atoms with Crippen LogP contribution in [0, 0.1) is 17.0 Å². The molecule has 2 heterocycles. The quantitative estimate of drug-likeness (QED) is 0.439. The van der Waals surface area contributed by atoms with Crippen molar-refractivity contribution >= 4 is 23.2 Å². The molecule has 29 heavy (non-hydrogen) atoms. The molecule has 2 amide bonds. The standard InChI is InChI=1S/C20H25N5O4/c1-14-7-8-15(17(12-14)25(28)29)22-20(27)19(26)21-13-18(24-10-3-4-11-24)16-6-5-9-23(16)2/h5-9,12,18H,3-4,10-11,13H2,1-2H3,(H,21,26)(H,22,27). The van der Waals surface area contributed by atoms with Gasteiger partial charge in [-0.25, -0.2) is 0 Å². The maximum absolute atomic E-state index is 12.4. The Morgan fingerprint density at radius 1 is 1.21 bits per heavy atom. The molecule has 1 atom stereocenters. The second-order valence-corrected chi connectivity index (χ2v) is 7.24. The van der Waals surface area contributed by atoms with Crippen LogP contribution in [-0.4, -0.2) is 45.8 Å². The number of carbonyl (C=O) groups is 2. The van der Waals surface area contributed by atoms with Gasteiger partial charge in [-0.05, 0) is 56.6 Å². The van der Waals surface area contributed by atoms with E-state index in [0.717, 1.165) is 31.6 Å². The molecule has 0 spiro atoms. The molecule has 1 aromatic carbocycles. The van der Waals surface area contributed by atoms with Gasteiger partial charge in [-0.1, -0.05) is 6.07 Å². The number of amides is 2. The smallest absolute Gasteiger partial charge is 0.313 e. The maximum Gasteiger partial charge on any atom is 0.313 e. The molecule has 9 nitrogen and oxygen atoms in total. The first-order valence-electron chi connectivity index (χ1n) is 9.56. The molecular formula is C20H25N5O4. The van der Waals surface area contributed by atoms with E-state index in [9.17, 15) is 19.7 Å². The SMILES string of the molecule is Cc1ccc(NC(=O)C(=O)NCC(c2cccn2C)N2CCCC2)c([N+](=O)[O-])c1. The summed E-state index contributed by atoms with van der Waals surface area (Å²) in [5, 5.41) is 16.2. The van der Waals surface area contributed by atoms with Gasteiger partial charge in [-0.2, -0.15) is 0 Å². The average molecular weight is 399 g/mol. The summed E-state index contributed by atoms with van der Waals surface area (Å²) in [4.78, 5) is 37.5. The Morgan fingerprint density at radius 3 is 2.55 bits per heavy atom. The highest BCUT2D eigenvalue weighted by Gasteiger charge is 2.27. The van der Waals surface area contributed by atoms with E-state index in [1.165, 1.54) is 12.1 Å². The van der Waals surface area contributed by atoms with Gasteiger partial charge in [0.05, 0.1) is 11.0 Å². The summed E-state index contributed by atoms with van der Waals surface area (Å²) in [7, 11) is 1.95. The van der Waals surface area contributed by atoms with E-state index in [-0.39, 0.29) is 24.0 Å². The van der Waals surface area contributed by atoms with Gasteiger partial charge in [0.2, 0.25) is 0 Å². The monoisotopic (exact) mass is 399 g/mol. The van der Waals surface area contributed by atoms with Crippen molar-refractivity contribution in [3.8, 4) is 0 Å². The molecule has 0 aliphatic carbocycles. The van der Waals surface area contributed by atoms with Gasteiger partial charge >= 0.3 is 11.8 Å². The lowest BCUT2D eigenvalue weighted by Crippen LogP contribution is -2.41. The normalized spacial score (nSPS) is 15.1. The summed E-state index contributed by atoms with van der Waals surface area (Å²) in [6, 6.07) is 8.33. The number of aromatic nitrogens is 1. The van der Waals surface area contributed by atoms with Crippen LogP contribution in [0.15, 0.2) is 36.5 Å². The van der Waals surface area contributed by atoms with Crippen LogP contribution in [0.4, 0.5) is 11.4 Å². The fraction of sp³-hybridized carbons (Fsp3) is 0.400. The first kappa shape index (κ1) is 20.5. The fourth-order valence-electron chi connectivity index (χ4n) is 3.64. The minimum atomic E-state index is -0.927. The number of rotatable bonds is 6. The summed E-state index contributed by atoms with van der Waals surface area (Å²) in [6.45, 7) is 3.87. The molecule has 1 fully saturated rings. The van der Waals surface area contributed by atoms with Crippen LogP contribution in [0.1, 0.15) is 30.1 Å². The lowest BCUT2D eigenvalue weighted by molar-refractivity contribution is -0.384. The van der Waals surface area contributed by atoms with Crippen LogP contribution in [0.5, 0.6) is 0 Å². The second-order valence-electron chi connectivity index (χ2n) is 7.24. The Kier molecular flexibility index (Phi) is 6.28. The maximum atomic E-state index is 12.4. The number of nitrogens with one attached hydrogen (secondary N) is 2.